The second-order valence-corrected chi connectivity index (χ2v) is 4.64. The highest BCUT2D eigenvalue weighted by Crippen LogP contribution is 2.42. The number of aliphatic hydroxyl groups excluding tert-OH is 2. The summed E-state index contributed by atoms with van der Waals surface area (Å²) in [5.41, 5.74) is 1.45. The van der Waals surface area contributed by atoms with Crippen LogP contribution in [-0.4, -0.2) is 23.4 Å². The largest absolute Gasteiger partial charge is 0.396 e. The monoisotopic (exact) mass is 196 g/mol. The van der Waals surface area contributed by atoms with Crippen LogP contribution in [0, 0.1) is 17.8 Å². The number of fused-ring (bicyclic) bond motifs is 1. The van der Waals surface area contributed by atoms with E-state index in [1.165, 1.54) is 31.3 Å². The molecule has 0 aromatic rings. The summed E-state index contributed by atoms with van der Waals surface area (Å²) in [6.07, 6.45) is 8.38. The number of hydrogen-bond donors (Lipinski definition) is 2. The summed E-state index contributed by atoms with van der Waals surface area (Å²) in [5, 5.41) is 18.6. The molecule has 2 rings (SSSR count). The summed E-state index contributed by atoms with van der Waals surface area (Å²) in [6.45, 7) is 0.447. The van der Waals surface area contributed by atoms with Crippen LogP contribution in [0.2, 0.25) is 0 Å². The van der Waals surface area contributed by atoms with Crippen LogP contribution in [0.4, 0.5) is 0 Å². The topological polar surface area (TPSA) is 40.5 Å². The molecule has 0 heterocycles. The average Bonchev–Trinajstić information content (AvgIpc) is 2.27. The van der Waals surface area contributed by atoms with Crippen LogP contribution < -0.4 is 0 Å². The van der Waals surface area contributed by atoms with Crippen molar-refractivity contribution in [2.75, 3.05) is 13.2 Å². The van der Waals surface area contributed by atoms with Gasteiger partial charge in [0.2, 0.25) is 0 Å². The quantitative estimate of drug-likeness (QED) is 0.660. The van der Waals surface area contributed by atoms with Crippen molar-refractivity contribution in [1.29, 1.82) is 0 Å². The maximum atomic E-state index is 9.38. The highest BCUT2D eigenvalue weighted by Gasteiger charge is 2.34. The smallest absolute Gasteiger partial charge is 0.0500 e. The van der Waals surface area contributed by atoms with Crippen molar-refractivity contribution in [3.05, 3.63) is 11.6 Å². The summed E-state index contributed by atoms with van der Waals surface area (Å²) in [7, 11) is 0. The highest BCUT2D eigenvalue weighted by molar-refractivity contribution is 5.17. The molecule has 80 valence electrons. The van der Waals surface area contributed by atoms with E-state index in [-0.39, 0.29) is 19.1 Å². The third-order valence-corrected chi connectivity index (χ3v) is 3.92. The Morgan fingerprint density at radius 2 is 2.00 bits per heavy atom. The predicted molar refractivity (Wildman–Crippen MR) is 55.8 cm³/mol. The lowest BCUT2D eigenvalue weighted by molar-refractivity contribution is 0.0997. The summed E-state index contributed by atoms with van der Waals surface area (Å²) in [4.78, 5) is 0. The van der Waals surface area contributed by atoms with Crippen LogP contribution in [0.3, 0.4) is 0 Å². The van der Waals surface area contributed by atoms with E-state index in [2.05, 4.69) is 6.08 Å². The van der Waals surface area contributed by atoms with E-state index >= 15 is 0 Å². The molecule has 0 radical (unpaired) electrons. The van der Waals surface area contributed by atoms with E-state index in [9.17, 15) is 10.2 Å². The van der Waals surface area contributed by atoms with Crippen molar-refractivity contribution in [3.8, 4) is 0 Å². The Hall–Kier alpha value is -0.340. The van der Waals surface area contributed by atoms with Crippen LogP contribution in [-0.2, 0) is 0 Å². The lowest BCUT2D eigenvalue weighted by Gasteiger charge is -2.39. The Morgan fingerprint density at radius 1 is 1.14 bits per heavy atom. The Bertz CT molecular complexity index is 222. The molecule has 2 nitrogen and oxygen atoms in total. The SMILES string of the molecule is OCC1CCC2CCCC=C2C1CO. The normalized spacial score (nSPS) is 37.6. The molecule has 0 aromatic heterocycles. The molecule has 2 heteroatoms. The molecular formula is C12H20O2. The van der Waals surface area contributed by atoms with Crippen molar-refractivity contribution in [2.45, 2.75) is 32.1 Å². The van der Waals surface area contributed by atoms with Gasteiger partial charge in [0, 0.05) is 19.1 Å². The second kappa shape index (κ2) is 4.45. The molecule has 0 amide bonds. The number of hydrogen-bond acceptors (Lipinski definition) is 2. The van der Waals surface area contributed by atoms with Crippen LogP contribution in [0.25, 0.3) is 0 Å². The summed E-state index contributed by atoms with van der Waals surface area (Å²) in [6, 6.07) is 0. The number of rotatable bonds is 2. The maximum Gasteiger partial charge on any atom is 0.0500 e. The molecule has 0 spiro atoms. The second-order valence-electron chi connectivity index (χ2n) is 4.64. The van der Waals surface area contributed by atoms with Gasteiger partial charge in [-0.05, 0) is 43.9 Å². The van der Waals surface area contributed by atoms with Gasteiger partial charge in [0.1, 0.15) is 0 Å². The number of allylic oxidation sites excluding steroid dienone is 1. The fourth-order valence-corrected chi connectivity index (χ4v) is 3.09. The van der Waals surface area contributed by atoms with E-state index in [0.29, 0.717) is 11.8 Å². The van der Waals surface area contributed by atoms with E-state index in [1.54, 1.807) is 0 Å². The molecule has 0 aromatic carbocycles. The maximum absolute atomic E-state index is 9.38. The summed E-state index contributed by atoms with van der Waals surface area (Å²) >= 11 is 0. The van der Waals surface area contributed by atoms with Gasteiger partial charge in [-0.15, -0.1) is 0 Å². The fraction of sp³-hybridized carbons (Fsp3) is 0.833. The van der Waals surface area contributed by atoms with Crippen molar-refractivity contribution >= 4 is 0 Å². The molecule has 14 heavy (non-hydrogen) atoms. The molecule has 3 atom stereocenters. The van der Waals surface area contributed by atoms with E-state index < -0.39 is 0 Å². The van der Waals surface area contributed by atoms with Crippen molar-refractivity contribution in [3.63, 3.8) is 0 Å². The van der Waals surface area contributed by atoms with Gasteiger partial charge in [0.25, 0.3) is 0 Å². The van der Waals surface area contributed by atoms with Crippen molar-refractivity contribution in [1.82, 2.24) is 0 Å². The van der Waals surface area contributed by atoms with Gasteiger partial charge >= 0.3 is 0 Å². The minimum Gasteiger partial charge on any atom is -0.396 e. The van der Waals surface area contributed by atoms with Crippen molar-refractivity contribution in [2.24, 2.45) is 17.8 Å². The third-order valence-electron chi connectivity index (χ3n) is 3.92. The van der Waals surface area contributed by atoms with Gasteiger partial charge in [-0.25, -0.2) is 0 Å². The van der Waals surface area contributed by atoms with Crippen LogP contribution >= 0.6 is 0 Å². The van der Waals surface area contributed by atoms with Crippen molar-refractivity contribution < 1.29 is 10.2 Å². The molecular weight excluding hydrogens is 176 g/mol. The molecule has 0 saturated heterocycles. The highest BCUT2D eigenvalue weighted by atomic mass is 16.3. The van der Waals surface area contributed by atoms with Gasteiger partial charge in [0.15, 0.2) is 0 Å². The molecule has 2 aliphatic rings. The third kappa shape index (κ3) is 1.73. The van der Waals surface area contributed by atoms with Gasteiger partial charge in [0.05, 0.1) is 0 Å². The van der Waals surface area contributed by atoms with Crippen LogP contribution in [0.1, 0.15) is 32.1 Å². The summed E-state index contributed by atoms with van der Waals surface area (Å²) < 4.78 is 0. The average molecular weight is 196 g/mol. The molecule has 2 aliphatic carbocycles. The first kappa shape index (κ1) is 10.2. The lowest BCUT2D eigenvalue weighted by atomic mass is 9.67. The first-order valence-electron chi connectivity index (χ1n) is 5.78. The van der Waals surface area contributed by atoms with Gasteiger partial charge in [-0.2, -0.15) is 0 Å². The Kier molecular flexibility index (Phi) is 3.24. The Balaban J connectivity index is 2.15. The molecule has 1 saturated carbocycles. The fourth-order valence-electron chi connectivity index (χ4n) is 3.09. The molecule has 1 fully saturated rings. The van der Waals surface area contributed by atoms with E-state index in [4.69, 9.17) is 0 Å². The minimum absolute atomic E-state index is 0.216. The zero-order chi connectivity index (χ0) is 9.97. The van der Waals surface area contributed by atoms with Crippen LogP contribution in [0.5, 0.6) is 0 Å². The van der Waals surface area contributed by atoms with Gasteiger partial charge < -0.3 is 10.2 Å². The zero-order valence-corrected chi connectivity index (χ0v) is 8.65. The summed E-state index contributed by atoms with van der Waals surface area (Å²) in [5.74, 6) is 1.27. The first-order valence-corrected chi connectivity index (χ1v) is 5.78. The Labute approximate surface area is 85.6 Å². The molecule has 0 aliphatic heterocycles. The zero-order valence-electron chi connectivity index (χ0n) is 8.65. The van der Waals surface area contributed by atoms with Gasteiger partial charge in [-0.3, -0.25) is 0 Å². The number of aliphatic hydroxyl groups is 2. The van der Waals surface area contributed by atoms with E-state index in [0.717, 1.165) is 6.42 Å². The standard InChI is InChI=1S/C12H20O2/c13-7-10-6-5-9-3-1-2-4-11(9)12(10)8-14/h4,9-10,12-14H,1-3,5-8H2. The predicted octanol–water partition coefficient (Wildman–Crippen LogP) is 1.72. The minimum atomic E-state index is 0.216. The molecule has 0 bridgehead atoms. The van der Waals surface area contributed by atoms with Crippen LogP contribution in [0.15, 0.2) is 11.6 Å². The first-order chi connectivity index (χ1) is 6.86. The molecule has 3 unspecified atom stereocenters. The molecule has 2 N–H and O–H groups in total. The lowest BCUT2D eigenvalue weighted by Crippen LogP contribution is -2.33. The van der Waals surface area contributed by atoms with Gasteiger partial charge in [-0.1, -0.05) is 11.6 Å². The Morgan fingerprint density at radius 3 is 2.71 bits per heavy atom. The van der Waals surface area contributed by atoms with E-state index in [1.807, 2.05) is 0 Å².